The summed E-state index contributed by atoms with van der Waals surface area (Å²) < 4.78 is 5.19. The van der Waals surface area contributed by atoms with Crippen molar-refractivity contribution in [3.05, 3.63) is 96.1 Å². The van der Waals surface area contributed by atoms with Crippen LogP contribution in [0.3, 0.4) is 0 Å². The molecule has 1 aliphatic heterocycles. The number of hydrogen-bond donors (Lipinski definition) is 4. The van der Waals surface area contributed by atoms with Gasteiger partial charge in [-0.3, -0.25) is 14.4 Å². The van der Waals surface area contributed by atoms with E-state index in [0.29, 0.717) is 5.56 Å². The molecular weight excluding hydrogens is 460 g/mol. The van der Waals surface area contributed by atoms with Crippen LogP contribution in [-0.2, 0) is 20.7 Å². The van der Waals surface area contributed by atoms with E-state index in [4.69, 9.17) is 4.74 Å². The van der Waals surface area contributed by atoms with Gasteiger partial charge in [0.25, 0.3) is 5.91 Å². The molecule has 8 nitrogen and oxygen atoms in total. The van der Waals surface area contributed by atoms with Crippen molar-refractivity contribution in [2.45, 2.75) is 24.1 Å². The summed E-state index contributed by atoms with van der Waals surface area (Å²) in [5, 5.41) is 24.7. The number of ether oxygens (including phenoxy) is 1. The number of aliphatic hydroxyl groups is 2. The van der Waals surface area contributed by atoms with Crippen LogP contribution in [-0.4, -0.2) is 65.3 Å². The van der Waals surface area contributed by atoms with Gasteiger partial charge in [0, 0.05) is 5.56 Å². The Morgan fingerprint density at radius 3 is 2.08 bits per heavy atom. The molecule has 3 aromatic carbocycles. The highest BCUT2D eigenvalue weighted by Crippen LogP contribution is 2.29. The molecule has 4 N–H and O–H groups in total. The molecule has 0 radical (unpaired) electrons. The molecule has 2 amide bonds. The van der Waals surface area contributed by atoms with E-state index in [1.807, 2.05) is 66.7 Å². The van der Waals surface area contributed by atoms with E-state index in [0.717, 1.165) is 16.7 Å². The zero-order valence-corrected chi connectivity index (χ0v) is 19.6. The number of amides is 2. The summed E-state index contributed by atoms with van der Waals surface area (Å²) in [7, 11) is 0. The van der Waals surface area contributed by atoms with Gasteiger partial charge >= 0.3 is 0 Å². The van der Waals surface area contributed by atoms with Crippen molar-refractivity contribution in [3.8, 4) is 11.1 Å². The maximum absolute atomic E-state index is 13.1. The summed E-state index contributed by atoms with van der Waals surface area (Å²) in [5.74, 6) is -1.71. The van der Waals surface area contributed by atoms with Crippen LogP contribution in [0.5, 0.6) is 0 Å². The Morgan fingerprint density at radius 1 is 0.833 bits per heavy atom. The van der Waals surface area contributed by atoms with Crippen molar-refractivity contribution in [1.29, 1.82) is 0 Å². The van der Waals surface area contributed by atoms with Gasteiger partial charge in [-0.25, -0.2) is 0 Å². The van der Waals surface area contributed by atoms with Gasteiger partial charge in [0.1, 0.15) is 6.04 Å². The lowest BCUT2D eigenvalue weighted by Crippen LogP contribution is -2.56. The average Bonchev–Trinajstić information content (AvgIpc) is 3.73. The molecule has 0 spiro atoms. The predicted molar refractivity (Wildman–Crippen MR) is 133 cm³/mol. The number of epoxide rings is 1. The number of Topliss-reactive ketones (excluding diaryl/α,β-unsaturated/α-hetero) is 1. The van der Waals surface area contributed by atoms with Gasteiger partial charge in [-0.15, -0.1) is 0 Å². The minimum atomic E-state index is -1.33. The first-order chi connectivity index (χ1) is 17.5. The zero-order valence-electron chi connectivity index (χ0n) is 19.6. The molecule has 3 aromatic rings. The third-order valence-corrected chi connectivity index (χ3v) is 6.15. The second-order valence-electron chi connectivity index (χ2n) is 8.71. The van der Waals surface area contributed by atoms with E-state index < -0.39 is 48.5 Å². The van der Waals surface area contributed by atoms with Crippen molar-refractivity contribution < 1.29 is 29.3 Å². The summed E-state index contributed by atoms with van der Waals surface area (Å²) in [6.45, 7) is -1.09. The molecule has 3 atom stereocenters. The fourth-order valence-electron chi connectivity index (χ4n) is 3.95. The van der Waals surface area contributed by atoms with Gasteiger partial charge in [-0.05, 0) is 35.2 Å². The number of aliphatic hydroxyl groups excluding tert-OH is 2. The monoisotopic (exact) mass is 488 g/mol. The molecule has 186 valence electrons. The highest BCUT2D eigenvalue weighted by molar-refractivity contribution is 6.01. The Kier molecular flexibility index (Phi) is 7.90. The second kappa shape index (κ2) is 11.3. The van der Waals surface area contributed by atoms with Crippen LogP contribution >= 0.6 is 0 Å². The van der Waals surface area contributed by atoms with Crippen LogP contribution in [0.25, 0.3) is 11.1 Å². The third-order valence-electron chi connectivity index (χ3n) is 6.15. The number of ketones is 1. The van der Waals surface area contributed by atoms with Crippen molar-refractivity contribution in [2.75, 3.05) is 19.8 Å². The van der Waals surface area contributed by atoms with E-state index in [1.54, 1.807) is 18.2 Å². The molecule has 36 heavy (non-hydrogen) atoms. The first-order valence-electron chi connectivity index (χ1n) is 11.7. The Labute approximate surface area is 208 Å². The molecule has 2 unspecified atom stereocenters. The van der Waals surface area contributed by atoms with Gasteiger partial charge in [0.15, 0.2) is 11.4 Å². The average molecular weight is 489 g/mol. The smallest absolute Gasteiger partial charge is 0.252 e. The van der Waals surface area contributed by atoms with Crippen LogP contribution < -0.4 is 10.6 Å². The fourth-order valence-corrected chi connectivity index (χ4v) is 3.95. The Bertz CT molecular complexity index is 1210. The molecule has 1 aliphatic rings. The van der Waals surface area contributed by atoms with Crippen LogP contribution in [0.1, 0.15) is 15.9 Å². The van der Waals surface area contributed by atoms with Crippen LogP contribution in [0, 0.1) is 0 Å². The van der Waals surface area contributed by atoms with Gasteiger partial charge < -0.3 is 25.6 Å². The van der Waals surface area contributed by atoms with Crippen LogP contribution in [0.2, 0.25) is 0 Å². The van der Waals surface area contributed by atoms with E-state index in [9.17, 15) is 24.6 Å². The number of hydrogen-bond acceptors (Lipinski definition) is 6. The van der Waals surface area contributed by atoms with Gasteiger partial charge in [-0.2, -0.15) is 0 Å². The lowest BCUT2D eigenvalue weighted by molar-refractivity contribution is -0.132. The van der Waals surface area contributed by atoms with Gasteiger partial charge in [0.2, 0.25) is 5.91 Å². The largest absolute Gasteiger partial charge is 0.394 e. The topological polar surface area (TPSA) is 128 Å². The zero-order chi connectivity index (χ0) is 25.5. The quantitative estimate of drug-likeness (QED) is 0.303. The van der Waals surface area contributed by atoms with Crippen molar-refractivity contribution in [1.82, 2.24) is 10.6 Å². The van der Waals surface area contributed by atoms with Crippen LogP contribution in [0.4, 0.5) is 0 Å². The molecule has 1 saturated heterocycles. The first-order valence-corrected chi connectivity index (χ1v) is 11.7. The Balaban J connectivity index is 1.47. The van der Waals surface area contributed by atoms with E-state index in [2.05, 4.69) is 10.6 Å². The number of nitrogens with one attached hydrogen (secondary N) is 2. The SMILES string of the molecule is O=C(N[C@@H](CO)C(=O)NC(Cc1ccccc1)C(=O)C1(CO)CO1)c1cccc(-c2ccccc2)c1. The minimum absolute atomic E-state index is 0.0708. The Morgan fingerprint density at radius 2 is 1.47 bits per heavy atom. The maximum Gasteiger partial charge on any atom is 0.252 e. The predicted octanol–water partition coefficient (Wildman–Crippen LogP) is 1.50. The molecule has 0 saturated carbocycles. The number of carbonyl (C=O) groups is 3. The lowest BCUT2D eigenvalue weighted by atomic mass is 9.94. The van der Waals surface area contributed by atoms with Crippen molar-refractivity contribution in [2.24, 2.45) is 0 Å². The van der Waals surface area contributed by atoms with Gasteiger partial charge in [0.05, 0.1) is 25.9 Å². The van der Waals surface area contributed by atoms with Crippen molar-refractivity contribution in [3.63, 3.8) is 0 Å². The number of benzene rings is 3. The van der Waals surface area contributed by atoms with Gasteiger partial charge in [-0.1, -0.05) is 72.8 Å². The fraction of sp³-hybridized carbons (Fsp3) is 0.250. The molecule has 1 heterocycles. The van der Waals surface area contributed by atoms with Crippen molar-refractivity contribution >= 4 is 17.6 Å². The molecule has 0 aromatic heterocycles. The summed E-state index contributed by atoms with van der Waals surface area (Å²) in [5.41, 5.74) is 1.56. The third kappa shape index (κ3) is 5.85. The molecule has 1 fully saturated rings. The number of rotatable bonds is 11. The van der Waals surface area contributed by atoms with E-state index >= 15 is 0 Å². The molecular formula is C28H28N2O6. The second-order valence-corrected chi connectivity index (χ2v) is 8.71. The maximum atomic E-state index is 13.1. The first kappa shape index (κ1) is 25.2. The molecule has 8 heteroatoms. The molecule has 0 aliphatic carbocycles. The van der Waals surface area contributed by atoms with E-state index in [-0.39, 0.29) is 13.0 Å². The highest BCUT2D eigenvalue weighted by Gasteiger charge is 2.54. The Hall–Kier alpha value is -3.85. The summed E-state index contributed by atoms with van der Waals surface area (Å²) in [4.78, 5) is 39.0. The summed E-state index contributed by atoms with van der Waals surface area (Å²) in [6.07, 6.45) is 0.168. The molecule has 0 bridgehead atoms. The highest BCUT2D eigenvalue weighted by atomic mass is 16.6. The normalized spacial score (nSPS) is 18.1. The standard InChI is InChI=1S/C28H28N2O6/c31-16-24(30-26(34)22-13-7-12-21(15-22)20-10-5-2-6-11-20)27(35)29-23(14-19-8-3-1-4-9-19)25(33)28(17-32)18-36-28/h1-13,15,23-24,31-32H,14,16-18H2,(H,29,35)(H,30,34)/t23?,24-,28?/m0/s1. The lowest BCUT2D eigenvalue weighted by Gasteiger charge is -2.23. The molecule has 4 rings (SSSR count). The van der Waals surface area contributed by atoms with E-state index in [1.165, 1.54) is 0 Å². The summed E-state index contributed by atoms with van der Waals surface area (Å²) >= 11 is 0. The number of carbonyl (C=O) groups excluding carboxylic acids is 3. The summed E-state index contributed by atoms with van der Waals surface area (Å²) in [6, 6.07) is 23.3. The minimum Gasteiger partial charge on any atom is -0.394 e. The van der Waals surface area contributed by atoms with Crippen LogP contribution in [0.15, 0.2) is 84.9 Å².